The molecule has 1 aromatic carbocycles. The molecule has 0 amide bonds. The predicted molar refractivity (Wildman–Crippen MR) is 81.7 cm³/mol. The van der Waals surface area contributed by atoms with Crippen LogP contribution in [0.3, 0.4) is 0 Å². The molecular weight excluding hydrogens is 309 g/mol. The number of nitrogens with one attached hydrogen (secondary N) is 1. The van der Waals surface area contributed by atoms with Gasteiger partial charge in [-0.05, 0) is 18.6 Å². The molecule has 0 saturated carbocycles. The van der Waals surface area contributed by atoms with Crippen molar-refractivity contribution in [2.75, 3.05) is 0 Å². The number of nitrogens with two attached hydrogens (primary N) is 1. The normalized spacial score (nSPS) is 12.7. The molecule has 0 unspecified atom stereocenters. The van der Waals surface area contributed by atoms with Crippen molar-refractivity contribution in [2.45, 2.75) is 19.4 Å². The lowest BCUT2D eigenvalue weighted by Gasteiger charge is -2.16. The van der Waals surface area contributed by atoms with Gasteiger partial charge < -0.3 is 5.73 Å². The smallest absolute Gasteiger partial charge is 0.268 e. The highest BCUT2D eigenvalue weighted by Gasteiger charge is 2.21. The highest BCUT2D eigenvalue weighted by Crippen LogP contribution is 2.24. The Labute approximate surface area is 129 Å². The molecule has 0 spiro atoms. The molecule has 3 N–H and O–H groups in total. The molecule has 3 rings (SSSR count). The molecule has 3 aromatic rings. The van der Waals surface area contributed by atoms with E-state index in [1.54, 1.807) is 6.07 Å². The number of hydrogen-bond donors (Lipinski definition) is 2. The van der Waals surface area contributed by atoms with E-state index in [9.17, 15) is 9.18 Å². The first-order valence-electron chi connectivity index (χ1n) is 6.70. The van der Waals surface area contributed by atoms with Crippen LogP contribution in [0, 0.1) is 5.82 Å². The summed E-state index contributed by atoms with van der Waals surface area (Å²) < 4.78 is 15.3. The van der Waals surface area contributed by atoms with Gasteiger partial charge in [-0.3, -0.25) is 9.89 Å². The minimum Gasteiger partial charge on any atom is -0.321 e. The summed E-state index contributed by atoms with van der Waals surface area (Å²) in [5.41, 5.74) is 5.47. The van der Waals surface area contributed by atoms with E-state index in [0.29, 0.717) is 12.2 Å². The van der Waals surface area contributed by atoms with Crippen LogP contribution in [-0.2, 0) is 0 Å². The maximum Gasteiger partial charge on any atom is 0.268 e. The van der Waals surface area contributed by atoms with Gasteiger partial charge >= 0.3 is 0 Å². The number of hydrogen-bond acceptors (Lipinski definition) is 4. The molecule has 22 heavy (non-hydrogen) atoms. The molecule has 8 heteroatoms. The average Bonchev–Trinajstić information content (AvgIpc) is 3.03. The third-order valence-electron chi connectivity index (χ3n) is 3.45. The quantitative estimate of drug-likeness (QED) is 0.774. The molecule has 0 aliphatic carbocycles. The van der Waals surface area contributed by atoms with E-state index in [1.807, 2.05) is 6.92 Å². The summed E-state index contributed by atoms with van der Waals surface area (Å²) in [5.74, 6) is 0.0434. The largest absolute Gasteiger partial charge is 0.321 e. The van der Waals surface area contributed by atoms with Crippen LogP contribution >= 0.6 is 11.6 Å². The Morgan fingerprint density at radius 3 is 2.86 bits per heavy atom. The van der Waals surface area contributed by atoms with Crippen LogP contribution in [0.4, 0.5) is 4.39 Å². The van der Waals surface area contributed by atoms with Gasteiger partial charge in [-0.25, -0.2) is 13.9 Å². The second kappa shape index (κ2) is 5.51. The van der Waals surface area contributed by atoms with E-state index in [2.05, 4.69) is 15.2 Å². The SMILES string of the molecule is CC[C@H](N)c1nc2c(F)ccc(Cl)c2c(=O)n1-c1ccn[nH]1. The van der Waals surface area contributed by atoms with E-state index in [1.165, 1.54) is 22.9 Å². The van der Waals surface area contributed by atoms with Gasteiger partial charge in [0.1, 0.15) is 23.0 Å². The van der Waals surface area contributed by atoms with E-state index in [4.69, 9.17) is 17.3 Å². The van der Waals surface area contributed by atoms with Crippen molar-refractivity contribution < 1.29 is 4.39 Å². The van der Waals surface area contributed by atoms with Gasteiger partial charge in [0.2, 0.25) is 0 Å². The molecule has 0 bridgehead atoms. The van der Waals surface area contributed by atoms with Gasteiger partial charge in [0.25, 0.3) is 5.56 Å². The first kappa shape index (κ1) is 14.7. The number of nitrogens with zero attached hydrogens (tertiary/aromatic N) is 3. The Hall–Kier alpha value is -2.25. The van der Waals surface area contributed by atoms with Crippen molar-refractivity contribution in [1.82, 2.24) is 19.7 Å². The van der Waals surface area contributed by atoms with Crippen LogP contribution in [-0.4, -0.2) is 19.7 Å². The third-order valence-corrected chi connectivity index (χ3v) is 3.76. The van der Waals surface area contributed by atoms with E-state index in [-0.39, 0.29) is 21.7 Å². The molecule has 0 radical (unpaired) electrons. The molecule has 1 atom stereocenters. The maximum atomic E-state index is 14.0. The fraction of sp³-hybridized carbons (Fsp3) is 0.214. The van der Waals surface area contributed by atoms with Gasteiger partial charge in [0.05, 0.1) is 22.6 Å². The Bertz CT molecular complexity index is 890. The lowest BCUT2D eigenvalue weighted by molar-refractivity contribution is 0.607. The third kappa shape index (κ3) is 2.18. The van der Waals surface area contributed by atoms with Crippen LogP contribution in [0.25, 0.3) is 16.7 Å². The molecule has 0 saturated heterocycles. The number of aromatic amines is 1. The fourth-order valence-corrected chi connectivity index (χ4v) is 2.50. The number of H-pyrrole nitrogens is 1. The number of aromatic nitrogens is 4. The van der Waals surface area contributed by atoms with Crippen LogP contribution < -0.4 is 11.3 Å². The summed E-state index contributed by atoms with van der Waals surface area (Å²) in [6, 6.07) is 3.59. The molecule has 2 aromatic heterocycles. The molecule has 0 aliphatic heterocycles. The number of halogens is 2. The van der Waals surface area contributed by atoms with Gasteiger partial charge in [-0.2, -0.15) is 5.10 Å². The lowest BCUT2D eigenvalue weighted by Crippen LogP contribution is -2.29. The maximum absolute atomic E-state index is 14.0. The summed E-state index contributed by atoms with van der Waals surface area (Å²) in [7, 11) is 0. The summed E-state index contributed by atoms with van der Waals surface area (Å²) >= 11 is 6.06. The predicted octanol–water partition coefficient (Wildman–Crippen LogP) is 2.31. The zero-order valence-electron chi connectivity index (χ0n) is 11.7. The van der Waals surface area contributed by atoms with E-state index in [0.717, 1.165) is 0 Å². The van der Waals surface area contributed by atoms with Crippen molar-refractivity contribution in [3.63, 3.8) is 0 Å². The Morgan fingerprint density at radius 1 is 1.45 bits per heavy atom. The van der Waals surface area contributed by atoms with Crippen molar-refractivity contribution in [1.29, 1.82) is 0 Å². The zero-order valence-corrected chi connectivity index (χ0v) is 12.4. The summed E-state index contributed by atoms with van der Waals surface area (Å²) in [6.45, 7) is 1.85. The second-order valence-electron chi connectivity index (χ2n) is 4.82. The molecular formula is C14H13ClFN5O. The zero-order chi connectivity index (χ0) is 15.9. The van der Waals surface area contributed by atoms with Crippen LogP contribution in [0.15, 0.2) is 29.2 Å². The van der Waals surface area contributed by atoms with E-state index >= 15 is 0 Å². The van der Waals surface area contributed by atoms with Crippen molar-refractivity contribution >= 4 is 22.5 Å². The second-order valence-corrected chi connectivity index (χ2v) is 5.23. The van der Waals surface area contributed by atoms with Crippen molar-refractivity contribution in [3.8, 4) is 5.82 Å². The average molecular weight is 322 g/mol. The van der Waals surface area contributed by atoms with Gasteiger partial charge in [0, 0.05) is 6.07 Å². The topological polar surface area (TPSA) is 89.6 Å². The lowest BCUT2D eigenvalue weighted by atomic mass is 10.2. The summed E-state index contributed by atoms with van der Waals surface area (Å²) in [6.07, 6.45) is 2.04. The fourth-order valence-electron chi connectivity index (χ4n) is 2.27. The first-order chi connectivity index (χ1) is 10.5. The van der Waals surface area contributed by atoms with Crippen molar-refractivity contribution in [2.24, 2.45) is 5.73 Å². The Morgan fingerprint density at radius 2 is 2.23 bits per heavy atom. The van der Waals surface area contributed by atoms with E-state index < -0.39 is 17.4 Å². The molecule has 0 fully saturated rings. The number of fused-ring (bicyclic) bond motifs is 1. The number of benzene rings is 1. The standard InChI is InChI=1S/C14H13ClFN5O/c1-2-9(17)13-19-12-8(16)4-3-7(15)11(12)14(22)21(13)10-5-6-18-20-10/h3-6,9H,2,17H2,1H3,(H,18,20)/t9-/m0/s1. The van der Waals surface area contributed by atoms with Crippen LogP contribution in [0.1, 0.15) is 25.2 Å². The van der Waals surface area contributed by atoms with Crippen LogP contribution in [0.5, 0.6) is 0 Å². The molecule has 2 heterocycles. The first-order valence-corrected chi connectivity index (χ1v) is 7.08. The van der Waals surface area contributed by atoms with Gasteiger partial charge in [-0.15, -0.1) is 0 Å². The van der Waals surface area contributed by atoms with Crippen LogP contribution in [0.2, 0.25) is 5.02 Å². The Kier molecular flexibility index (Phi) is 3.67. The highest BCUT2D eigenvalue weighted by molar-refractivity contribution is 6.35. The highest BCUT2D eigenvalue weighted by atomic mass is 35.5. The van der Waals surface area contributed by atoms with Gasteiger partial charge in [-0.1, -0.05) is 18.5 Å². The monoisotopic (exact) mass is 321 g/mol. The molecule has 114 valence electrons. The molecule has 6 nitrogen and oxygen atoms in total. The Balaban J connectivity index is 2.49. The summed E-state index contributed by atoms with van der Waals surface area (Å²) in [5, 5.41) is 6.67. The summed E-state index contributed by atoms with van der Waals surface area (Å²) in [4.78, 5) is 17.1. The molecule has 0 aliphatic rings. The van der Waals surface area contributed by atoms with Gasteiger partial charge in [0.15, 0.2) is 0 Å². The minimum atomic E-state index is -0.613. The minimum absolute atomic E-state index is 0.0170. The number of rotatable bonds is 3. The van der Waals surface area contributed by atoms with Crippen molar-refractivity contribution in [3.05, 3.63) is 51.4 Å².